The van der Waals surface area contributed by atoms with E-state index in [1.54, 1.807) is 18.0 Å². The third kappa shape index (κ3) is 4.37. The summed E-state index contributed by atoms with van der Waals surface area (Å²) in [6, 6.07) is 8.26. The Bertz CT molecular complexity index is 1160. The number of aryl methyl sites for hydroxylation is 2. The van der Waals surface area contributed by atoms with Gasteiger partial charge in [0.2, 0.25) is 0 Å². The zero-order valence-electron chi connectivity index (χ0n) is 18.5. The van der Waals surface area contributed by atoms with Crippen molar-refractivity contribution in [3.05, 3.63) is 48.1 Å². The maximum Gasteiger partial charge on any atom is 0.195 e. The van der Waals surface area contributed by atoms with Gasteiger partial charge in [-0.3, -0.25) is 4.98 Å². The van der Waals surface area contributed by atoms with Gasteiger partial charge in [0.25, 0.3) is 0 Å². The smallest absolute Gasteiger partial charge is 0.195 e. The molecule has 0 amide bonds. The van der Waals surface area contributed by atoms with E-state index in [1.165, 1.54) is 24.1 Å². The van der Waals surface area contributed by atoms with Crippen LogP contribution in [-0.2, 0) is 19.9 Å². The molecule has 0 spiro atoms. The molecular weight excluding hydrogens is 420 g/mol. The van der Waals surface area contributed by atoms with E-state index in [0.717, 1.165) is 65.1 Å². The van der Waals surface area contributed by atoms with E-state index < -0.39 is 0 Å². The molecule has 4 heterocycles. The van der Waals surface area contributed by atoms with E-state index in [0.29, 0.717) is 5.92 Å². The Hall–Kier alpha value is -2.87. The Morgan fingerprint density at radius 3 is 3.06 bits per heavy atom. The summed E-state index contributed by atoms with van der Waals surface area (Å²) in [7, 11) is 2.02. The highest BCUT2D eigenvalue weighted by molar-refractivity contribution is 7.99. The maximum absolute atomic E-state index is 5.84. The number of hydrogen-bond acceptors (Lipinski definition) is 7. The summed E-state index contributed by atoms with van der Waals surface area (Å²) < 4.78 is 7.90. The van der Waals surface area contributed by atoms with Gasteiger partial charge in [0, 0.05) is 55.5 Å². The number of rotatable bonds is 7. The summed E-state index contributed by atoms with van der Waals surface area (Å²) in [5.74, 6) is 3.38. The number of aromatic nitrogens is 5. The highest BCUT2D eigenvalue weighted by Gasteiger charge is 2.18. The van der Waals surface area contributed by atoms with Crippen molar-refractivity contribution in [3.63, 3.8) is 0 Å². The standard InChI is InChI=1S/C24H28N6OS/c1-3-22-27-20-12-17-9-8-16(14-26-19(17)13-21(20)31-22)6-5-11-32-24-29-28-23(30(24)2)18-7-4-10-25-15-18/h4,7,10,12-13,15-16,26H,3,5-6,8-9,11,14H2,1-2H3. The van der Waals surface area contributed by atoms with Crippen molar-refractivity contribution in [2.45, 2.75) is 44.2 Å². The molecule has 0 radical (unpaired) electrons. The van der Waals surface area contributed by atoms with Crippen molar-refractivity contribution in [3.8, 4) is 11.4 Å². The lowest BCUT2D eigenvalue weighted by atomic mass is 9.97. The highest BCUT2D eigenvalue weighted by atomic mass is 32.2. The lowest BCUT2D eigenvalue weighted by Crippen LogP contribution is -2.12. The summed E-state index contributed by atoms with van der Waals surface area (Å²) in [6.07, 6.45) is 9.07. The molecule has 32 heavy (non-hydrogen) atoms. The molecule has 0 fully saturated rings. The van der Waals surface area contributed by atoms with Crippen LogP contribution in [0.25, 0.3) is 22.5 Å². The fourth-order valence-corrected chi connectivity index (χ4v) is 5.14. The number of benzene rings is 1. The first kappa shape index (κ1) is 21.0. The average molecular weight is 449 g/mol. The number of hydrogen-bond donors (Lipinski definition) is 1. The number of fused-ring (bicyclic) bond motifs is 2. The Morgan fingerprint density at radius 1 is 1.28 bits per heavy atom. The summed E-state index contributed by atoms with van der Waals surface area (Å²) in [5, 5.41) is 13.3. The van der Waals surface area contributed by atoms with Crippen LogP contribution in [0.2, 0.25) is 0 Å². The fraction of sp³-hybridized carbons (Fsp3) is 0.417. The summed E-state index contributed by atoms with van der Waals surface area (Å²) in [4.78, 5) is 8.77. The molecule has 4 aromatic rings. The second-order valence-corrected chi connectivity index (χ2v) is 9.38. The van der Waals surface area contributed by atoms with Gasteiger partial charge in [-0.25, -0.2) is 4.98 Å². The molecule has 0 aliphatic carbocycles. The van der Waals surface area contributed by atoms with Crippen LogP contribution in [0.1, 0.15) is 37.6 Å². The minimum Gasteiger partial charge on any atom is -0.441 e. The van der Waals surface area contributed by atoms with Crippen LogP contribution in [0.3, 0.4) is 0 Å². The molecule has 1 atom stereocenters. The number of oxazole rings is 1. The van der Waals surface area contributed by atoms with E-state index in [2.05, 4.69) is 49.1 Å². The highest BCUT2D eigenvalue weighted by Crippen LogP contribution is 2.31. The van der Waals surface area contributed by atoms with Gasteiger partial charge in [0.05, 0.1) is 0 Å². The van der Waals surface area contributed by atoms with Crippen LogP contribution in [0.4, 0.5) is 5.69 Å². The Morgan fingerprint density at radius 2 is 2.22 bits per heavy atom. The first-order valence-corrected chi connectivity index (χ1v) is 12.3. The number of thioether (sulfide) groups is 1. The number of nitrogens with one attached hydrogen (secondary N) is 1. The largest absolute Gasteiger partial charge is 0.441 e. The molecule has 1 aromatic carbocycles. The molecular formula is C24H28N6OS. The molecule has 166 valence electrons. The van der Waals surface area contributed by atoms with E-state index in [9.17, 15) is 0 Å². The zero-order valence-corrected chi connectivity index (χ0v) is 19.4. The second-order valence-electron chi connectivity index (χ2n) is 8.32. The Kier molecular flexibility index (Phi) is 6.12. The zero-order chi connectivity index (χ0) is 21.9. The number of anilines is 1. The topological polar surface area (TPSA) is 81.7 Å². The van der Waals surface area contributed by atoms with Crippen molar-refractivity contribution < 1.29 is 4.42 Å². The third-order valence-electron chi connectivity index (χ3n) is 6.11. The van der Waals surface area contributed by atoms with Crippen LogP contribution in [0, 0.1) is 5.92 Å². The van der Waals surface area contributed by atoms with Crippen molar-refractivity contribution in [2.24, 2.45) is 13.0 Å². The lowest BCUT2D eigenvalue weighted by molar-refractivity contribution is 0.476. The van der Waals surface area contributed by atoms with Gasteiger partial charge >= 0.3 is 0 Å². The van der Waals surface area contributed by atoms with Gasteiger partial charge in [0.15, 0.2) is 22.5 Å². The van der Waals surface area contributed by atoms with Gasteiger partial charge < -0.3 is 14.3 Å². The quantitative estimate of drug-likeness (QED) is 0.310. The molecule has 3 aromatic heterocycles. The van der Waals surface area contributed by atoms with Gasteiger partial charge in [-0.05, 0) is 55.4 Å². The molecule has 0 saturated heterocycles. The molecule has 5 rings (SSSR count). The van der Waals surface area contributed by atoms with Crippen molar-refractivity contribution in [1.29, 1.82) is 0 Å². The maximum atomic E-state index is 5.84. The predicted molar refractivity (Wildman–Crippen MR) is 128 cm³/mol. The number of pyridine rings is 1. The van der Waals surface area contributed by atoms with Crippen LogP contribution in [0.15, 0.2) is 46.2 Å². The predicted octanol–water partition coefficient (Wildman–Crippen LogP) is 5.13. The summed E-state index contributed by atoms with van der Waals surface area (Å²) in [6.45, 7) is 3.08. The number of nitrogens with zero attached hydrogens (tertiary/aromatic N) is 5. The molecule has 8 heteroatoms. The van der Waals surface area contributed by atoms with Crippen LogP contribution >= 0.6 is 11.8 Å². The van der Waals surface area contributed by atoms with E-state index in [4.69, 9.17) is 4.42 Å². The van der Waals surface area contributed by atoms with Crippen LogP contribution in [0.5, 0.6) is 0 Å². The van der Waals surface area contributed by atoms with E-state index in [-0.39, 0.29) is 0 Å². The van der Waals surface area contributed by atoms with Crippen molar-refractivity contribution in [2.75, 3.05) is 17.6 Å². The second kappa shape index (κ2) is 9.32. The van der Waals surface area contributed by atoms with Gasteiger partial charge in [-0.15, -0.1) is 10.2 Å². The molecule has 1 unspecified atom stereocenters. The molecule has 1 aliphatic heterocycles. The molecule has 7 nitrogen and oxygen atoms in total. The van der Waals surface area contributed by atoms with E-state index >= 15 is 0 Å². The normalized spacial score (nSPS) is 16.0. The third-order valence-corrected chi connectivity index (χ3v) is 7.21. The summed E-state index contributed by atoms with van der Waals surface area (Å²) in [5.41, 5.74) is 5.41. The first-order valence-electron chi connectivity index (χ1n) is 11.3. The van der Waals surface area contributed by atoms with Crippen LogP contribution in [-0.4, -0.2) is 37.0 Å². The summed E-state index contributed by atoms with van der Waals surface area (Å²) >= 11 is 1.78. The fourth-order valence-electron chi connectivity index (χ4n) is 4.27. The minimum absolute atomic E-state index is 0.666. The minimum atomic E-state index is 0.666. The van der Waals surface area contributed by atoms with Crippen LogP contribution < -0.4 is 5.32 Å². The van der Waals surface area contributed by atoms with Crippen molar-refractivity contribution in [1.82, 2.24) is 24.7 Å². The molecule has 0 saturated carbocycles. The molecule has 0 bridgehead atoms. The van der Waals surface area contributed by atoms with Crippen molar-refractivity contribution >= 4 is 28.5 Å². The Balaban J connectivity index is 1.13. The Labute approximate surface area is 192 Å². The lowest BCUT2D eigenvalue weighted by Gasteiger charge is -2.14. The SMILES string of the molecule is CCc1nc2cc3c(cc2o1)NCC(CCCSc1nnc(-c2cccnc2)n1C)CC3. The molecule has 1 N–H and O–H groups in total. The van der Waals surface area contributed by atoms with Gasteiger partial charge in [-0.2, -0.15) is 0 Å². The van der Waals surface area contributed by atoms with E-state index in [1.807, 2.05) is 25.4 Å². The molecule has 1 aliphatic rings. The van der Waals surface area contributed by atoms with Gasteiger partial charge in [-0.1, -0.05) is 18.7 Å². The van der Waals surface area contributed by atoms with Gasteiger partial charge in [0.1, 0.15) is 5.52 Å². The first-order chi connectivity index (χ1) is 15.7. The average Bonchev–Trinajstić information content (AvgIpc) is 3.34. The monoisotopic (exact) mass is 448 g/mol.